The lowest BCUT2D eigenvalue weighted by atomic mass is 10.3. The Morgan fingerprint density at radius 1 is 0.765 bits per heavy atom. The van der Waals surface area contributed by atoms with Crippen molar-refractivity contribution in [3.05, 3.63) is 0 Å². The van der Waals surface area contributed by atoms with E-state index >= 15 is 0 Å². The summed E-state index contributed by atoms with van der Waals surface area (Å²) in [6.07, 6.45) is 6.24. The Morgan fingerprint density at radius 2 is 1.29 bits per heavy atom. The Hall–Kier alpha value is -0.0800. The number of hydrogen-bond acceptors (Lipinski definition) is 2. The van der Waals surface area contributed by atoms with Gasteiger partial charge in [0.2, 0.25) is 0 Å². The van der Waals surface area contributed by atoms with Gasteiger partial charge < -0.3 is 10.1 Å². The summed E-state index contributed by atoms with van der Waals surface area (Å²) in [5.41, 5.74) is 0. The van der Waals surface area contributed by atoms with Gasteiger partial charge in [0.25, 0.3) is 0 Å². The van der Waals surface area contributed by atoms with E-state index in [0.717, 1.165) is 26.3 Å². The van der Waals surface area contributed by atoms with Crippen LogP contribution in [0, 0.1) is 0 Å². The molecule has 0 unspecified atom stereocenters. The summed E-state index contributed by atoms with van der Waals surface area (Å²) >= 11 is 0. The molecule has 0 spiro atoms. The third-order valence-corrected chi connectivity index (χ3v) is 2.03. The zero-order valence-electron chi connectivity index (χ0n) is 13.3. The summed E-state index contributed by atoms with van der Waals surface area (Å²) in [6.45, 7) is 16.5. The van der Waals surface area contributed by atoms with E-state index in [4.69, 9.17) is 4.74 Å². The normalized spacial score (nSPS) is 8.82. The van der Waals surface area contributed by atoms with Crippen LogP contribution in [-0.2, 0) is 4.74 Å². The fraction of sp³-hybridized carbons (Fsp3) is 1.00. The van der Waals surface area contributed by atoms with E-state index in [1.807, 2.05) is 27.7 Å². The molecule has 0 fully saturated rings. The summed E-state index contributed by atoms with van der Waals surface area (Å²) in [7, 11) is 0. The minimum atomic E-state index is 0.940. The van der Waals surface area contributed by atoms with E-state index in [9.17, 15) is 0 Å². The number of hydrogen-bond donors (Lipinski definition) is 1. The van der Waals surface area contributed by atoms with Crippen molar-refractivity contribution < 1.29 is 4.74 Å². The first-order valence-corrected chi connectivity index (χ1v) is 7.70. The third-order valence-electron chi connectivity index (χ3n) is 2.03. The number of rotatable bonds is 10. The lowest BCUT2D eigenvalue weighted by Crippen LogP contribution is -2.14. The standard InChI is InChI=1S/C11H25NO.2C2H6/c1-3-5-7-10-13-11-8-6-9-12-4-2;2*1-2/h12H,3-11H2,1-2H3;2*1-2H3. The van der Waals surface area contributed by atoms with Crippen LogP contribution >= 0.6 is 0 Å². The molecule has 17 heavy (non-hydrogen) atoms. The highest BCUT2D eigenvalue weighted by molar-refractivity contribution is 4.44. The van der Waals surface area contributed by atoms with Crippen molar-refractivity contribution >= 4 is 0 Å². The topological polar surface area (TPSA) is 21.3 Å². The average molecular weight is 247 g/mol. The number of ether oxygens (including phenoxy) is 1. The Morgan fingerprint density at radius 3 is 1.76 bits per heavy atom. The van der Waals surface area contributed by atoms with E-state index in [0.29, 0.717) is 0 Å². The molecular formula is C15H37NO. The summed E-state index contributed by atoms with van der Waals surface area (Å²) in [5.74, 6) is 0. The molecule has 0 bridgehead atoms. The second-order valence-corrected chi connectivity index (χ2v) is 3.38. The van der Waals surface area contributed by atoms with Crippen LogP contribution in [-0.4, -0.2) is 26.3 Å². The van der Waals surface area contributed by atoms with Crippen molar-refractivity contribution in [2.75, 3.05) is 26.3 Å². The maximum Gasteiger partial charge on any atom is 0.0466 e. The molecule has 0 aliphatic carbocycles. The fourth-order valence-corrected chi connectivity index (χ4v) is 1.19. The largest absolute Gasteiger partial charge is 0.381 e. The second kappa shape index (κ2) is 29.7. The van der Waals surface area contributed by atoms with Gasteiger partial charge in [-0.05, 0) is 32.4 Å². The van der Waals surface area contributed by atoms with Gasteiger partial charge in [-0.2, -0.15) is 0 Å². The van der Waals surface area contributed by atoms with Gasteiger partial charge in [0.15, 0.2) is 0 Å². The first-order valence-electron chi connectivity index (χ1n) is 7.70. The lowest BCUT2D eigenvalue weighted by Gasteiger charge is -2.03. The Kier molecular flexibility index (Phi) is 38.7. The molecule has 2 heteroatoms. The van der Waals surface area contributed by atoms with Crippen LogP contribution in [0.3, 0.4) is 0 Å². The Balaban J connectivity index is -0.000000439. The number of nitrogens with one attached hydrogen (secondary N) is 1. The minimum Gasteiger partial charge on any atom is -0.381 e. The second-order valence-electron chi connectivity index (χ2n) is 3.38. The molecule has 1 N–H and O–H groups in total. The van der Waals surface area contributed by atoms with E-state index in [2.05, 4.69) is 19.2 Å². The van der Waals surface area contributed by atoms with Gasteiger partial charge >= 0.3 is 0 Å². The molecule has 0 saturated heterocycles. The summed E-state index contributed by atoms with van der Waals surface area (Å²) < 4.78 is 5.49. The molecule has 0 amide bonds. The highest BCUT2D eigenvalue weighted by Crippen LogP contribution is 1.95. The smallest absolute Gasteiger partial charge is 0.0466 e. The van der Waals surface area contributed by atoms with Crippen LogP contribution < -0.4 is 5.32 Å². The lowest BCUT2D eigenvalue weighted by molar-refractivity contribution is 0.126. The average Bonchev–Trinajstić information content (AvgIpc) is 2.42. The summed E-state index contributed by atoms with van der Waals surface area (Å²) in [6, 6.07) is 0. The van der Waals surface area contributed by atoms with Gasteiger partial charge in [-0.25, -0.2) is 0 Å². The third kappa shape index (κ3) is 31.3. The van der Waals surface area contributed by atoms with Crippen LogP contribution in [0.15, 0.2) is 0 Å². The predicted molar refractivity (Wildman–Crippen MR) is 80.8 cm³/mol. The van der Waals surface area contributed by atoms with Crippen molar-refractivity contribution in [2.45, 2.75) is 73.6 Å². The molecule has 0 radical (unpaired) electrons. The van der Waals surface area contributed by atoms with Crippen molar-refractivity contribution in [2.24, 2.45) is 0 Å². The zero-order chi connectivity index (χ0) is 13.8. The van der Waals surface area contributed by atoms with Crippen LogP contribution in [0.1, 0.15) is 73.6 Å². The van der Waals surface area contributed by atoms with Gasteiger partial charge in [0.1, 0.15) is 0 Å². The van der Waals surface area contributed by atoms with E-state index in [-0.39, 0.29) is 0 Å². The van der Waals surface area contributed by atoms with Crippen molar-refractivity contribution in [1.29, 1.82) is 0 Å². The van der Waals surface area contributed by atoms with Gasteiger partial charge in [-0.3, -0.25) is 0 Å². The molecule has 2 nitrogen and oxygen atoms in total. The molecule has 0 rings (SSSR count). The van der Waals surface area contributed by atoms with E-state index < -0.39 is 0 Å². The molecule has 0 aromatic carbocycles. The SMILES string of the molecule is CC.CC.CCCCCOCCCCNCC. The van der Waals surface area contributed by atoms with Crippen LogP contribution in [0.25, 0.3) is 0 Å². The van der Waals surface area contributed by atoms with E-state index in [1.165, 1.54) is 32.1 Å². The quantitative estimate of drug-likeness (QED) is 0.568. The van der Waals surface area contributed by atoms with Crippen LogP contribution in [0.2, 0.25) is 0 Å². The van der Waals surface area contributed by atoms with Crippen molar-refractivity contribution in [3.8, 4) is 0 Å². The molecular weight excluding hydrogens is 210 g/mol. The Bertz CT molecular complexity index is 77.0. The first kappa shape index (κ1) is 22.1. The molecule has 0 heterocycles. The van der Waals surface area contributed by atoms with Gasteiger partial charge in [-0.15, -0.1) is 0 Å². The monoisotopic (exact) mass is 247 g/mol. The maximum absolute atomic E-state index is 5.49. The highest BCUT2D eigenvalue weighted by atomic mass is 16.5. The fourth-order valence-electron chi connectivity index (χ4n) is 1.19. The highest BCUT2D eigenvalue weighted by Gasteiger charge is 1.89. The van der Waals surface area contributed by atoms with Gasteiger partial charge in [-0.1, -0.05) is 54.4 Å². The summed E-state index contributed by atoms with van der Waals surface area (Å²) in [4.78, 5) is 0. The molecule has 0 atom stereocenters. The molecule has 108 valence electrons. The van der Waals surface area contributed by atoms with Crippen LogP contribution in [0.4, 0.5) is 0 Å². The van der Waals surface area contributed by atoms with E-state index in [1.54, 1.807) is 0 Å². The van der Waals surface area contributed by atoms with Crippen molar-refractivity contribution in [3.63, 3.8) is 0 Å². The maximum atomic E-state index is 5.49. The minimum absolute atomic E-state index is 0.940. The molecule has 0 aliphatic rings. The van der Waals surface area contributed by atoms with Gasteiger partial charge in [0, 0.05) is 13.2 Å². The molecule has 0 aromatic heterocycles. The Labute approximate surface area is 111 Å². The van der Waals surface area contributed by atoms with Gasteiger partial charge in [0.05, 0.1) is 0 Å². The van der Waals surface area contributed by atoms with Crippen LogP contribution in [0.5, 0.6) is 0 Å². The molecule has 0 aromatic rings. The zero-order valence-corrected chi connectivity index (χ0v) is 13.3. The van der Waals surface area contributed by atoms with Crippen molar-refractivity contribution in [1.82, 2.24) is 5.32 Å². The first-order chi connectivity index (χ1) is 8.41. The molecule has 0 saturated carbocycles. The molecule has 0 aliphatic heterocycles. The summed E-state index contributed by atoms with van der Waals surface area (Å²) in [5, 5.41) is 3.30. The predicted octanol–water partition coefficient (Wildman–Crippen LogP) is 4.64. The number of unbranched alkanes of at least 4 members (excludes halogenated alkanes) is 3.